The molecular formula is C15H21F3N2. The molecule has 2 atom stereocenters. The van der Waals surface area contributed by atoms with E-state index in [1.165, 1.54) is 6.07 Å². The highest BCUT2D eigenvalue weighted by atomic mass is 19.4. The summed E-state index contributed by atoms with van der Waals surface area (Å²) in [5, 5.41) is 0. The summed E-state index contributed by atoms with van der Waals surface area (Å²) in [6.45, 7) is 4.89. The van der Waals surface area contributed by atoms with E-state index in [0.29, 0.717) is 18.0 Å². The molecule has 20 heavy (non-hydrogen) atoms. The molecule has 2 nitrogen and oxygen atoms in total. The van der Waals surface area contributed by atoms with Gasteiger partial charge in [-0.15, -0.1) is 0 Å². The van der Waals surface area contributed by atoms with Gasteiger partial charge in [-0.1, -0.05) is 13.0 Å². The fraction of sp³-hybridized carbons (Fsp3) is 0.600. The van der Waals surface area contributed by atoms with Crippen molar-refractivity contribution in [3.05, 3.63) is 29.3 Å². The molecule has 112 valence electrons. The molecule has 2 rings (SSSR count). The van der Waals surface area contributed by atoms with Crippen molar-refractivity contribution >= 4 is 5.69 Å². The average molecular weight is 286 g/mol. The number of piperidine rings is 1. The van der Waals surface area contributed by atoms with Crippen molar-refractivity contribution in [3.8, 4) is 0 Å². The minimum absolute atomic E-state index is 0.119. The Morgan fingerprint density at radius 1 is 1.30 bits per heavy atom. The third-order valence-electron chi connectivity index (χ3n) is 4.29. The normalized spacial score (nSPS) is 24.0. The number of hydrogen-bond donors (Lipinski definition) is 1. The number of rotatable bonds is 2. The van der Waals surface area contributed by atoms with Gasteiger partial charge in [0.05, 0.1) is 5.56 Å². The van der Waals surface area contributed by atoms with E-state index < -0.39 is 11.7 Å². The zero-order valence-electron chi connectivity index (χ0n) is 11.9. The number of anilines is 1. The Morgan fingerprint density at radius 3 is 2.60 bits per heavy atom. The molecule has 5 heteroatoms. The molecule has 1 heterocycles. The van der Waals surface area contributed by atoms with Crippen LogP contribution in [0.1, 0.15) is 37.8 Å². The van der Waals surface area contributed by atoms with Crippen molar-refractivity contribution in [2.24, 2.45) is 11.7 Å². The van der Waals surface area contributed by atoms with Crippen molar-refractivity contribution in [3.63, 3.8) is 0 Å². The van der Waals surface area contributed by atoms with Gasteiger partial charge in [-0.2, -0.15) is 13.2 Å². The smallest absolute Gasteiger partial charge is 0.368 e. The molecule has 2 unspecified atom stereocenters. The number of nitrogens with zero attached hydrogens (tertiary/aromatic N) is 1. The predicted molar refractivity (Wildman–Crippen MR) is 74.5 cm³/mol. The van der Waals surface area contributed by atoms with E-state index in [9.17, 15) is 13.2 Å². The standard InChI is InChI=1S/C15H21F3N2/c1-10-4-3-7-20(11(10)2)14-6-5-12(9-19)8-13(14)15(16,17)18/h5-6,8,10-11H,3-4,7,9,19H2,1-2H3. The summed E-state index contributed by atoms with van der Waals surface area (Å²) in [5.74, 6) is 0.402. The molecule has 0 amide bonds. The highest BCUT2D eigenvalue weighted by molar-refractivity contribution is 5.57. The summed E-state index contributed by atoms with van der Waals surface area (Å²) >= 11 is 0. The molecule has 1 aliphatic heterocycles. The zero-order valence-corrected chi connectivity index (χ0v) is 11.9. The molecule has 1 fully saturated rings. The maximum atomic E-state index is 13.3. The minimum Gasteiger partial charge on any atom is -0.368 e. The fourth-order valence-electron chi connectivity index (χ4n) is 2.86. The first-order chi connectivity index (χ1) is 9.34. The number of alkyl halides is 3. The summed E-state index contributed by atoms with van der Waals surface area (Å²) in [5.41, 5.74) is 5.69. The Balaban J connectivity index is 2.45. The van der Waals surface area contributed by atoms with Crippen molar-refractivity contribution in [2.75, 3.05) is 11.4 Å². The summed E-state index contributed by atoms with van der Waals surface area (Å²) in [6.07, 6.45) is -2.34. The fourth-order valence-corrected chi connectivity index (χ4v) is 2.86. The van der Waals surface area contributed by atoms with Gasteiger partial charge < -0.3 is 10.6 Å². The van der Waals surface area contributed by atoms with Gasteiger partial charge in [0.1, 0.15) is 0 Å². The lowest BCUT2D eigenvalue weighted by atomic mass is 9.91. The Labute approximate surface area is 117 Å². The Morgan fingerprint density at radius 2 is 2.00 bits per heavy atom. The number of benzene rings is 1. The van der Waals surface area contributed by atoms with Crippen molar-refractivity contribution in [2.45, 2.75) is 45.5 Å². The van der Waals surface area contributed by atoms with Gasteiger partial charge in [0, 0.05) is 24.8 Å². The van der Waals surface area contributed by atoms with Gasteiger partial charge >= 0.3 is 6.18 Å². The quantitative estimate of drug-likeness (QED) is 0.896. The van der Waals surface area contributed by atoms with Crippen LogP contribution in [0.5, 0.6) is 0 Å². The first-order valence-electron chi connectivity index (χ1n) is 7.01. The second kappa shape index (κ2) is 5.64. The SMILES string of the molecule is CC1CCCN(c2ccc(CN)cc2C(F)(F)F)C1C. The topological polar surface area (TPSA) is 29.3 Å². The molecule has 1 aromatic carbocycles. The largest absolute Gasteiger partial charge is 0.418 e. The molecule has 1 saturated heterocycles. The van der Waals surface area contributed by atoms with Crippen LogP contribution >= 0.6 is 0 Å². The van der Waals surface area contributed by atoms with Crippen LogP contribution in [0.2, 0.25) is 0 Å². The van der Waals surface area contributed by atoms with Crippen LogP contribution in [0.15, 0.2) is 18.2 Å². The lowest BCUT2D eigenvalue weighted by Crippen LogP contribution is -2.43. The van der Waals surface area contributed by atoms with Gasteiger partial charge in [-0.3, -0.25) is 0 Å². The second-order valence-electron chi connectivity index (χ2n) is 5.61. The molecule has 0 radical (unpaired) electrons. The number of hydrogen-bond acceptors (Lipinski definition) is 2. The third-order valence-corrected chi connectivity index (χ3v) is 4.29. The predicted octanol–water partition coefficient (Wildman–Crippen LogP) is 3.79. The molecular weight excluding hydrogens is 265 g/mol. The van der Waals surface area contributed by atoms with Crippen LogP contribution in [0.25, 0.3) is 0 Å². The van der Waals surface area contributed by atoms with Crippen molar-refractivity contribution in [1.82, 2.24) is 0 Å². The van der Waals surface area contributed by atoms with Crippen molar-refractivity contribution < 1.29 is 13.2 Å². The molecule has 1 aliphatic rings. The summed E-state index contributed by atoms with van der Waals surface area (Å²) in [4.78, 5) is 1.89. The number of halogens is 3. The van der Waals surface area contributed by atoms with Crippen LogP contribution in [-0.4, -0.2) is 12.6 Å². The molecule has 0 spiro atoms. The van der Waals surface area contributed by atoms with Crippen LogP contribution in [0.3, 0.4) is 0 Å². The monoisotopic (exact) mass is 286 g/mol. The van der Waals surface area contributed by atoms with Gasteiger partial charge in [0.2, 0.25) is 0 Å². The van der Waals surface area contributed by atoms with E-state index in [1.807, 2.05) is 11.8 Å². The lowest BCUT2D eigenvalue weighted by Gasteiger charge is -2.40. The van der Waals surface area contributed by atoms with E-state index in [2.05, 4.69) is 6.92 Å². The maximum Gasteiger partial charge on any atom is 0.418 e. The molecule has 0 bridgehead atoms. The first kappa shape index (κ1) is 15.2. The summed E-state index contributed by atoms with van der Waals surface area (Å²) in [6, 6.07) is 4.56. The van der Waals surface area contributed by atoms with Crippen LogP contribution < -0.4 is 10.6 Å². The van der Waals surface area contributed by atoms with Crippen molar-refractivity contribution in [1.29, 1.82) is 0 Å². The Hall–Kier alpha value is -1.23. The maximum absolute atomic E-state index is 13.3. The zero-order chi connectivity index (χ0) is 14.9. The van der Waals surface area contributed by atoms with Gasteiger partial charge in [0.15, 0.2) is 0 Å². The lowest BCUT2D eigenvalue weighted by molar-refractivity contribution is -0.137. The van der Waals surface area contributed by atoms with E-state index >= 15 is 0 Å². The van der Waals surface area contributed by atoms with E-state index in [4.69, 9.17) is 5.73 Å². The summed E-state index contributed by atoms with van der Waals surface area (Å²) in [7, 11) is 0. The molecule has 1 aromatic rings. The van der Waals surface area contributed by atoms with E-state index in [0.717, 1.165) is 12.8 Å². The highest BCUT2D eigenvalue weighted by Crippen LogP contribution is 2.40. The molecule has 0 saturated carbocycles. The molecule has 0 aliphatic carbocycles. The third kappa shape index (κ3) is 2.92. The van der Waals surface area contributed by atoms with Crippen LogP contribution in [0, 0.1) is 5.92 Å². The van der Waals surface area contributed by atoms with E-state index in [-0.39, 0.29) is 18.3 Å². The molecule has 2 N–H and O–H groups in total. The molecule has 0 aromatic heterocycles. The second-order valence-corrected chi connectivity index (χ2v) is 5.61. The summed E-state index contributed by atoms with van der Waals surface area (Å²) < 4.78 is 39.8. The Bertz CT molecular complexity index is 471. The van der Waals surface area contributed by atoms with Gasteiger partial charge in [0.25, 0.3) is 0 Å². The minimum atomic E-state index is -4.35. The number of nitrogens with two attached hydrogens (primary N) is 1. The van der Waals surface area contributed by atoms with Gasteiger partial charge in [-0.25, -0.2) is 0 Å². The van der Waals surface area contributed by atoms with E-state index in [1.54, 1.807) is 12.1 Å². The van der Waals surface area contributed by atoms with Crippen LogP contribution in [0.4, 0.5) is 18.9 Å². The average Bonchev–Trinajstić information content (AvgIpc) is 2.40. The Kier molecular flexibility index (Phi) is 4.28. The van der Waals surface area contributed by atoms with Gasteiger partial charge in [-0.05, 0) is 43.4 Å². The highest BCUT2D eigenvalue weighted by Gasteiger charge is 2.37. The first-order valence-corrected chi connectivity index (χ1v) is 7.01. The van der Waals surface area contributed by atoms with Crippen LogP contribution in [-0.2, 0) is 12.7 Å².